The Hall–Kier alpha value is -3.11. The van der Waals surface area contributed by atoms with Crippen LogP contribution in [0.15, 0.2) is 36.4 Å². The number of hydrogen-bond donors (Lipinski definition) is 4. The summed E-state index contributed by atoms with van der Waals surface area (Å²) in [4.78, 5) is 50.1. The number of fused-ring (bicyclic) bond motifs is 13. The molecule has 0 saturated carbocycles. The SMILES string of the molecule is COC(=O)[C@@H]1C/C=C\COc2ccc(cc2)C[C@H](NC(C)=O)C(=O)N[C@H](CCCCN)C(=O)N1.Cl. The first-order chi connectivity index (χ1) is 16.3. The van der Waals surface area contributed by atoms with E-state index in [1.807, 2.05) is 12.1 Å². The van der Waals surface area contributed by atoms with Crippen LogP contribution in [0.3, 0.4) is 0 Å². The summed E-state index contributed by atoms with van der Waals surface area (Å²) in [5.41, 5.74) is 6.39. The number of methoxy groups -OCH3 is 1. The largest absolute Gasteiger partial charge is 0.490 e. The van der Waals surface area contributed by atoms with Gasteiger partial charge in [-0.3, -0.25) is 14.4 Å². The number of ether oxygens (including phenoxy) is 2. The van der Waals surface area contributed by atoms with Gasteiger partial charge >= 0.3 is 5.97 Å². The van der Waals surface area contributed by atoms with Crippen LogP contribution in [0.2, 0.25) is 0 Å². The number of hydrogen-bond acceptors (Lipinski definition) is 7. The number of carbonyl (C=O) groups excluding carboxylic acids is 4. The maximum atomic E-state index is 13.1. The highest BCUT2D eigenvalue weighted by Crippen LogP contribution is 2.14. The minimum absolute atomic E-state index is 0. The van der Waals surface area contributed by atoms with Gasteiger partial charge in [-0.25, -0.2) is 4.79 Å². The fourth-order valence-corrected chi connectivity index (χ4v) is 3.52. The Balaban J connectivity index is 0.00000612. The topological polar surface area (TPSA) is 149 Å². The third-order valence-corrected chi connectivity index (χ3v) is 5.32. The normalized spacial score (nSPS) is 21.9. The van der Waals surface area contributed by atoms with Gasteiger partial charge in [0.1, 0.15) is 30.5 Å². The molecule has 11 heteroatoms. The Morgan fingerprint density at radius 1 is 1.11 bits per heavy atom. The predicted octanol–water partition coefficient (Wildman–Crippen LogP) is 0.766. The van der Waals surface area contributed by atoms with E-state index >= 15 is 0 Å². The zero-order valence-electron chi connectivity index (χ0n) is 20.1. The number of nitrogens with two attached hydrogens (primary N) is 1. The molecule has 0 radical (unpaired) electrons. The first kappa shape index (κ1) is 29.9. The van der Waals surface area contributed by atoms with Crippen molar-refractivity contribution in [1.82, 2.24) is 16.0 Å². The highest BCUT2D eigenvalue weighted by molar-refractivity contribution is 5.93. The van der Waals surface area contributed by atoms with Crippen LogP contribution in [-0.2, 0) is 30.3 Å². The van der Waals surface area contributed by atoms with E-state index in [2.05, 4.69) is 16.0 Å². The van der Waals surface area contributed by atoms with Crippen LogP contribution in [0, 0.1) is 0 Å². The molecule has 194 valence electrons. The first-order valence-corrected chi connectivity index (χ1v) is 11.4. The molecule has 5 N–H and O–H groups in total. The van der Waals surface area contributed by atoms with Gasteiger partial charge in [-0.1, -0.05) is 24.3 Å². The second kappa shape index (κ2) is 15.7. The van der Waals surface area contributed by atoms with E-state index in [-0.39, 0.29) is 37.8 Å². The number of esters is 1. The molecule has 1 aromatic rings. The van der Waals surface area contributed by atoms with Gasteiger partial charge < -0.3 is 31.2 Å². The summed E-state index contributed by atoms with van der Waals surface area (Å²) in [7, 11) is 1.24. The van der Waals surface area contributed by atoms with Crippen molar-refractivity contribution in [2.75, 3.05) is 20.3 Å². The Morgan fingerprint density at radius 3 is 2.46 bits per heavy atom. The van der Waals surface area contributed by atoms with Crippen LogP contribution in [0.4, 0.5) is 0 Å². The summed E-state index contributed by atoms with van der Waals surface area (Å²) in [5, 5.41) is 8.06. The van der Waals surface area contributed by atoms with Gasteiger partial charge in [-0.05, 0) is 49.9 Å². The number of carbonyl (C=O) groups is 4. The van der Waals surface area contributed by atoms with Crippen molar-refractivity contribution < 1.29 is 28.7 Å². The highest BCUT2D eigenvalue weighted by Gasteiger charge is 2.29. The number of unbranched alkanes of at least 4 members (excludes halogenated alkanes) is 1. The van der Waals surface area contributed by atoms with Crippen molar-refractivity contribution in [1.29, 1.82) is 0 Å². The molecular weight excluding hydrogens is 476 g/mol. The lowest BCUT2D eigenvalue weighted by Gasteiger charge is -2.24. The van der Waals surface area contributed by atoms with E-state index < -0.39 is 35.9 Å². The van der Waals surface area contributed by atoms with Crippen LogP contribution < -0.4 is 26.4 Å². The number of benzene rings is 1. The van der Waals surface area contributed by atoms with E-state index in [4.69, 9.17) is 15.2 Å². The summed E-state index contributed by atoms with van der Waals surface area (Å²) in [5.74, 6) is -1.35. The zero-order valence-corrected chi connectivity index (χ0v) is 20.9. The molecule has 2 bridgehead atoms. The van der Waals surface area contributed by atoms with Crippen LogP contribution >= 0.6 is 12.4 Å². The molecule has 0 unspecified atom stereocenters. The molecular formula is C24H35ClN4O6. The van der Waals surface area contributed by atoms with Crippen molar-refractivity contribution >= 4 is 36.1 Å². The summed E-state index contributed by atoms with van der Waals surface area (Å²) in [6.07, 6.45) is 5.50. The van der Waals surface area contributed by atoms with Gasteiger partial charge in [0, 0.05) is 13.3 Å². The van der Waals surface area contributed by atoms with E-state index in [1.165, 1.54) is 14.0 Å². The molecule has 2 aliphatic heterocycles. The third kappa shape index (κ3) is 10.4. The summed E-state index contributed by atoms with van der Waals surface area (Å²) < 4.78 is 10.5. The molecule has 0 saturated heterocycles. The van der Waals surface area contributed by atoms with E-state index in [0.717, 1.165) is 5.56 Å². The Labute approximate surface area is 211 Å². The lowest BCUT2D eigenvalue weighted by Crippen LogP contribution is -2.56. The summed E-state index contributed by atoms with van der Waals surface area (Å²) >= 11 is 0. The smallest absolute Gasteiger partial charge is 0.328 e. The lowest BCUT2D eigenvalue weighted by atomic mass is 10.0. The van der Waals surface area contributed by atoms with Crippen molar-refractivity contribution in [2.45, 2.75) is 57.2 Å². The molecule has 35 heavy (non-hydrogen) atoms. The fourth-order valence-electron chi connectivity index (χ4n) is 3.52. The van der Waals surface area contributed by atoms with Gasteiger partial charge in [0.05, 0.1) is 7.11 Å². The maximum Gasteiger partial charge on any atom is 0.328 e. The zero-order chi connectivity index (χ0) is 24.9. The number of amides is 3. The molecule has 3 atom stereocenters. The molecule has 2 heterocycles. The van der Waals surface area contributed by atoms with Crippen LogP contribution in [0.25, 0.3) is 0 Å². The number of halogens is 1. The predicted molar refractivity (Wildman–Crippen MR) is 133 cm³/mol. The molecule has 0 aromatic heterocycles. The second-order valence-corrected chi connectivity index (χ2v) is 8.05. The van der Waals surface area contributed by atoms with E-state index in [9.17, 15) is 19.2 Å². The Bertz CT molecular complexity index is 877. The molecule has 2 aliphatic rings. The third-order valence-electron chi connectivity index (χ3n) is 5.32. The van der Waals surface area contributed by atoms with Gasteiger partial charge in [0.25, 0.3) is 0 Å². The monoisotopic (exact) mass is 510 g/mol. The number of nitrogens with one attached hydrogen (secondary N) is 3. The van der Waals surface area contributed by atoms with Crippen LogP contribution in [-0.4, -0.2) is 62.1 Å². The Kier molecular flexibility index (Phi) is 13.4. The Morgan fingerprint density at radius 2 is 1.83 bits per heavy atom. The molecule has 0 spiro atoms. The molecule has 1 aromatic carbocycles. The first-order valence-electron chi connectivity index (χ1n) is 11.4. The van der Waals surface area contributed by atoms with Gasteiger partial charge in [-0.2, -0.15) is 0 Å². The molecule has 10 nitrogen and oxygen atoms in total. The van der Waals surface area contributed by atoms with Crippen molar-refractivity contribution in [3.8, 4) is 5.75 Å². The molecule has 0 fully saturated rings. The molecule has 3 rings (SSSR count). The van der Waals surface area contributed by atoms with Crippen LogP contribution in [0.1, 0.15) is 38.2 Å². The fraction of sp³-hybridized carbons (Fsp3) is 0.500. The summed E-state index contributed by atoms with van der Waals surface area (Å²) in [6, 6.07) is 4.47. The standard InChI is InChI=1S/C24H34N4O6.ClH/c1-16(29)26-21-15-17-9-11-18(12-10-17)34-14-6-4-8-20(24(32)33-2)28-22(30)19(27-23(21)31)7-3-5-13-25;/h4,6,9-12,19-21H,3,5,7-8,13-15,25H2,1-2H3,(H,26,29)(H,27,31)(H,28,30);1H/b6-4-;/t19-,20+,21+;/m1./s1. The minimum Gasteiger partial charge on any atom is -0.490 e. The van der Waals surface area contributed by atoms with E-state index in [0.29, 0.717) is 31.6 Å². The van der Waals surface area contributed by atoms with Crippen molar-refractivity contribution in [3.05, 3.63) is 42.0 Å². The van der Waals surface area contributed by atoms with Gasteiger partial charge in [0.2, 0.25) is 17.7 Å². The van der Waals surface area contributed by atoms with E-state index in [1.54, 1.807) is 24.3 Å². The lowest BCUT2D eigenvalue weighted by molar-refractivity contribution is -0.145. The summed E-state index contributed by atoms with van der Waals surface area (Å²) in [6.45, 7) is 2.05. The molecule has 3 amide bonds. The molecule has 0 aliphatic carbocycles. The maximum absolute atomic E-state index is 13.1. The average molecular weight is 511 g/mol. The quantitative estimate of drug-likeness (QED) is 0.251. The number of rotatable bonds is 6. The van der Waals surface area contributed by atoms with Crippen molar-refractivity contribution in [2.24, 2.45) is 5.73 Å². The second-order valence-electron chi connectivity index (χ2n) is 8.05. The van der Waals surface area contributed by atoms with Crippen LogP contribution in [0.5, 0.6) is 5.75 Å². The van der Waals surface area contributed by atoms with Crippen molar-refractivity contribution in [3.63, 3.8) is 0 Å². The highest BCUT2D eigenvalue weighted by atomic mass is 35.5. The minimum atomic E-state index is -0.927. The van der Waals surface area contributed by atoms with Gasteiger partial charge in [-0.15, -0.1) is 12.4 Å². The average Bonchev–Trinajstić information content (AvgIpc) is 2.81. The van der Waals surface area contributed by atoms with Gasteiger partial charge in [0.15, 0.2) is 0 Å².